The summed E-state index contributed by atoms with van der Waals surface area (Å²) in [5, 5.41) is 0. The highest BCUT2D eigenvalue weighted by Gasteiger charge is 2.80. The Hall–Kier alpha value is -1.25. The summed E-state index contributed by atoms with van der Waals surface area (Å²) in [6.45, 7) is 1.85. The fourth-order valence-corrected chi connectivity index (χ4v) is 1.11. The highest BCUT2D eigenvalue weighted by molar-refractivity contribution is 4.97. The molecule has 0 fully saturated rings. The molecule has 2 unspecified atom stereocenters. The van der Waals surface area contributed by atoms with Gasteiger partial charge < -0.3 is 0 Å². The second-order valence-electron chi connectivity index (χ2n) is 4.32. The first kappa shape index (κ1) is 23.8. The Morgan fingerprint density at radius 3 is 1.40 bits per heavy atom. The minimum absolute atomic E-state index is 0.163. The molecule has 0 heterocycles. The van der Waals surface area contributed by atoms with Crippen LogP contribution >= 0.6 is 0 Å². The first-order valence-corrected chi connectivity index (χ1v) is 5.69. The van der Waals surface area contributed by atoms with E-state index in [2.05, 4.69) is 4.74 Å². The van der Waals surface area contributed by atoms with E-state index in [1.54, 1.807) is 6.58 Å². The molecule has 0 aromatic rings. The predicted octanol–water partition coefficient (Wildman–Crippen LogP) is 5.55. The van der Waals surface area contributed by atoms with Gasteiger partial charge in [-0.05, 0) is 0 Å². The second kappa shape index (κ2) is 6.48. The molecule has 0 amide bonds. The van der Waals surface area contributed by atoms with Gasteiger partial charge in [-0.15, -0.1) is 0 Å². The van der Waals surface area contributed by atoms with Crippen molar-refractivity contribution in [2.45, 2.75) is 49.6 Å². The van der Waals surface area contributed by atoms with E-state index in [0.717, 1.165) is 0 Å². The van der Waals surface area contributed by atoms with Gasteiger partial charge in [-0.2, -0.15) is 48.3 Å². The van der Waals surface area contributed by atoms with Crippen LogP contribution in [0.5, 0.6) is 0 Å². The Bertz CT molecular complexity index is 496. The van der Waals surface area contributed by atoms with Crippen molar-refractivity contribution in [3.05, 3.63) is 12.4 Å². The van der Waals surface area contributed by atoms with Crippen LogP contribution < -0.4 is 0 Å². The Morgan fingerprint density at radius 2 is 1.16 bits per heavy atom. The summed E-state index contributed by atoms with van der Waals surface area (Å²) in [4.78, 5) is 0. The zero-order valence-corrected chi connectivity index (χ0v) is 11.6. The van der Waals surface area contributed by atoms with Gasteiger partial charge in [0, 0.05) is 6.42 Å². The summed E-state index contributed by atoms with van der Waals surface area (Å²) in [6, 6.07) is 0. The lowest BCUT2D eigenvalue weighted by Crippen LogP contribution is -2.64. The van der Waals surface area contributed by atoms with Crippen molar-refractivity contribution in [1.82, 2.24) is 0 Å². The van der Waals surface area contributed by atoms with E-state index in [1.807, 2.05) is 4.74 Å². The van der Waals surface area contributed by atoms with Crippen LogP contribution in [0.25, 0.3) is 0 Å². The van der Waals surface area contributed by atoms with Gasteiger partial charge in [0.25, 0.3) is 0 Å². The van der Waals surface area contributed by atoms with Crippen LogP contribution in [-0.4, -0.2) is 36.3 Å². The van der Waals surface area contributed by atoms with Crippen LogP contribution in [0.2, 0.25) is 0 Å². The average Bonchev–Trinajstić information content (AvgIpc) is 2.34. The van der Waals surface area contributed by atoms with Crippen molar-refractivity contribution in [3.63, 3.8) is 0 Å². The summed E-state index contributed by atoms with van der Waals surface area (Å²) < 4.78 is 170. The third kappa shape index (κ3) is 4.48. The van der Waals surface area contributed by atoms with Gasteiger partial charge in [0.2, 0.25) is 0 Å². The zero-order chi connectivity index (χ0) is 20.7. The molecule has 0 saturated heterocycles. The minimum Gasteiger partial charge on any atom is -0.270 e. The van der Waals surface area contributed by atoms with Crippen molar-refractivity contribution in [3.8, 4) is 0 Å². The van der Waals surface area contributed by atoms with E-state index in [4.69, 9.17) is 0 Å². The van der Waals surface area contributed by atoms with Crippen LogP contribution in [0.3, 0.4) is 0 Å². The van der Waals surface area contributed by atoms with E-state index >= 15 is 0 Å². The third-order valence-electron chi connectivity index (χ3n) is 2.49. The molecule has 0 rings (SSSR count). The van der Waals surface area contributed by atoms with Crippen molar-refractivity contribution in [2.75, 3.05) is 0 Å². The highest BCUT2D eigenvalue weighted by Crippen LogP contribution is 2.53. The molecule has 0 aliphatic carbocycles. The van der Waals surface area contributed by atoms with Crippen LogP contribution in [-0.2, 0) is 9.47 Å². The maximum atomic E-state index is 13.5. The van der Waals surface area contributed by atoms with E-state index in [0.29, 0.717) is 0 Å². The summed E-state index contributed by atoms with van der Waals surface area (Å²) >= 11 is 0. The highest BCUT2D eigenvalue weighted by atomic mass is 19.4. The topological polar surface area (TPSA) is 18.5 Å². The van der Waals surface area contributed by atoms with Gasteiger partial charge in [0.15, 0.2) is 5.83 Å². The van der Waals surface area contributed by atoms with Crippen molar-refractivity contribution < 1.29 is 66.5 Å². The van der Waals surface area contributed by atoms with Gasteiger partial charge in [-0.3, -0.25) is 9.47 Å². The molecule has 2 atom stereocenters. The molecule has 0 aromatic heterocycles. The molecule has 0 radical (unpaired) electrons. The lowest BCUT2D eigenvalue weighted by molar-refractivity contribution is -0.527. The first-order chi connectivity index (χ1) is 10.7. The van der Waals surface area contributed by atoms with Crippen LogP contribution in [0.1, 0.15) is 13.3 Å². The zero-order valence-electron chi connectivity index (χ0n) is 11.6. The summed E-state index contributed by atoms with van der Waals surface area (Å²) in [5.74, 6) is -15.9. The number of alkyl halides is 12. The number of halogens is 13. The van der Waals surface area contributed by atoms with Crippen molar-refractivity contribution in [1.29, 1.82) is 0 Å². The predicted molar refractivity (Wildman–Crippen MR) is 52.4 cm³/mol. The Morgan fingerprint density at radius 1 is 0.760 bits per heavy atom. The smallest absolute Gasteiger partial charge is 0.270 e. The molecule has 0 spiro atoms. The molecule has 15 heteroatoms. The van der Waals surface area contributed by atoms with E-state index in [1.165, 1.54) is 0 Å². The minimum atomic E-state index is -7.21. The van der Waals surface area contributed by atoms with Gasteiger partial charge in [0.05, 0.1) is 0 Å². The Kier molecular flexibility index (Phi) is 6.16. The van der Waals surface area contributed by atoms with Gasteiger partial charge >= 0.3 is 36.3 Å². The second-order valence-corrected chi connectivity index (χ2v) is 4.32. The largest absolute Gasteiger partial charge is 0.458 e. The van der Waals surface area contributed by atoms with Crippen molar-refractivity contribution in [2.24, 2.45) is 0 Å². The van der Waals surface area contributed by atoms with Crippen LogP contribution in [0, 0.1) is 0 Å². The summed E-state index contributed by atoms with van der Waals surface area (Å²) in [5.41, 5.74) is 0. The molecule has 25 heavy (non-hydrogen) atoms. The molecular weight excluding hydrogens is 399 g/mol. The molecule has 0 aliphatic heterocycles. The van der Waals surface area contributed by atoms with E-state index in [9.17, 15) is 57.1 Å². The number of hydrogen-bond acceptors (Lipinski definition) is 2. The SMILES string of the molecule is C=C(F)C(F)(F)OC(F)(C(F)(F)F)C(F)(F)OC(F)(CC)C(F)(F)F. The molecule has 0 bridgehead atoms. The molecule has 150 valence electrons. The van der Waals surface area contributed by atoms with Crippen LogP contribution in [0.4, 0.5) is 57.1 Å². The summed E-state index contributed by atoms with van der Waals surface area (Å²) in [7, 11) is 0. The third-order valence-corrected chi connectivity index (χ3v) is 2.49. The fourth-order valence-electron chi connectivity index (χ4n) is 1.11. The normalized spacial score (nSPS) is 19.3. The number of hydrogen-bond donors (Lipinski definition) is 0. The maximum absolute atomic E-state index is 13.5. The maximum Gasteiger partial charge on any atom is 0.458 e. The van der Waals surface area contributed by atoms with E-state index in [-0.39, 0.29) is 6.92 Å². The average molecular weight is 406 g/mol. The fraction of sp³-hybridized carbons (Fsp3) is 0.800. The van der Waals surface area contributed by atoms with Gasteiger partial charge in [-0.1, -0.05) is 13.5 Å². The first-order valence-electron chi connectivity index (χ1n) is 5.69. The molecule has 0 N–H and O–H groups in total. The molecule has 0 aromatic carbocycles. The quantitative estimate of drug-likeness (QED) is 0.516. The van der Waals surface area contributed by atoms with Crippen LogP contribution in [0.15, 0.2) is 12.4 Å². The monoisotopic (exact) mass is 406 g/mol. The van der Waals surface area contributed by atoms with Gasteiger partial charge in [-0.25, -0.2) is 8.78 Å². The lowest BCUT2D eigenvalue weighted by atomic mass is 10.2. The molecule has 2 nitrogen and oxygen atoms in total. The van der Waals surface area contributed by atoms with Gasteiger partial charge in [0.1, 0.15) is 0 Å². The molecular formula is C10H7F13O2. The number of ether oxygens (including phenoxy) is 2. The molecule has 0 saturated carbocycles. The summed E-state index contributed by atoms with van der Waals surface area (Å²) in [6.07, 6.45) is -28.8. The Balaban J connectivity index is 6.17. The van der Waals surface area contributed by atoms with E-state index < -0.39 is 48.5 Å². The Labute approximate surface area is 130 Å². The molecule has 0 aliphatic rings. The standard InChI is InChI=1S/C10H7F13O2/c1-3-5(12,8(16,17)18)24-10(22,23)7(15,9(19,20)21)25-6(13,14)4(2)11/h2-3H2,1H3. The number of rotatable bonds is 7. The lowest BCUT2D eigenvalue weighted by Gasteiger charge is -2.38. The van der Waals surface area contributed by atoms with Crippen molar-refractivity contribution >= 4 is 0 Å².